The van der Waals surface area contributed by atoms with Crippen LogP contribution in [0.15, 0.2) is 81.7 Å². The fourth-order valence-corrected chi connectivity index (χ4v) is 4.57. The lowest BCUT2D eigenvalue weighted by Gasteiger charge is -2.35. The van der Waals surface area contributed by atoms with Crippen molar-refractivity contribution in [2.24, 2.45) is 0 Å². The van der Waals surface area contributed by atoms with E-state index in [0.717, 1.165) is 9.86 Å². The van der Waals surface area contributed by atoms with Crippen LogP contribution in [-0.2, 0) is 9.59 Å². The number of hydrogen-bond donors (Lipinski definition) is 2. The molecular weight excluding hydrogens is 498 g/mol. The molecule has 4 aromatic rings. The van der Waals surface area contributed by atoms with Crippen LogP contribution in [0.4, 0.5) is 17.1 Å². The molecule has 2 N–H and O–H groups in total. The van der Waals surface area contributed by atoms with Gasteiger partial charge in [-0.05, 0) is 43.3 Å². The maximum absolute atomic E-state index is 13.8. The van der Waals surface area contributed by atoms with Crippen molar-refractivity contribution in [2.45, 2.75) is 19.4 Å². The first-order valence-electron chi connectivity index (χ1n) is 10.7. The first-order valence-corrected chi connectivity index (χ1v) is 11.5. The molecule has 1 atom stereocenters. The molecule has 1 aromatic heterocycles. The van der Waals surface area contributed by atoms with Crippen molar-refractivity contribution in [1.82, 2.24) is 0 Å². The molecule has 8 heteroatoms. The molecule has 3 amide bonds. The van der Waals surface area contributed by atoms with Gasteiger partial charge in [-0.25, -0.2) is 0 Å². The number of fused-ring (bicyclic) bond motifs is 2. The monoisotopic (exact) mass is 517 g/mol. The van der Waals surface area contributed by atoms with Gasteiger partial charge in [0.15, 0.2) is 5.76 Å². The second kappa shape index (κ2) is 8.79. The Balaban J connectivity index is 1.52. The molecule has 1 unspecified atom stereocenters. The van der Waals surface area contributed by atoms with Crippen molar-refractivity contribution < 1.29 is 18.8 Å². The van der Waals surface area contributed by atoms with Gasteiger partial charge in [0.25, 0.3) is 5.91 Å². The lowest BCUT2D eigenvalue weighted by atomic mass is 10.0. The highest BCUT2D eigenvalue weighted by Crippen LogP contribution is 2.36. The van der Waals surface area contributed by atoms with Gasteiger partial charge in [0, 0.05) is 21.1 Å². The molecule has 1 aliphatic heterocycles. The van der Waals surface area contributed by atoms with E-state index in [4.69, 9.17) is 4.42 Å². The number of amides is 3. The van der Waals surface area contributed by atoms with Crippen LogP contribution in [0.2, 0.25) is 0 Å². The highest BCUT2D eigenvalue weighted by molar-refractivity contribution is 9.10. The Morgan fingerprint density at radius 3 is 2.62 bits per heavy atom. The summed E-state index contributed by atoms with van der Waals surface area (Å²) in [6.07, 6.45) is -0.225. The minimum atomic E-state index is -1.05. The molecular formula is C26H20BrN3O4. The first kappa shape index (κ1) is 21.9. The molecule has 3 aromatic carbocycles. The van der Waals surface area contributed by atoms with Gasteiger partial charge in [-0.2, -0.15) is 0 Å². The van der Waals surface area contributed by atoms with Crippen LogP contribution in [0.3, 0.4) is 0 Å². The highest BCUT2D eigenvalue weighted by Gasteiger charge is 2.40. The summed E-state index contributed by atoms with van der Waals surface area (Å²) in [6.45, 7) is 1.81. The van der Waals surface area contributed by atoms with Crippen LogP contribution in [-0.4, -0.2) is 23.8 Å². The van der Waals surface area contributed by atoms with Gasteiger partial charge >= 0.3 is 0 Å². The predicted molar refractivity (Wildman–Crippen MR) is 134 cm³/mol. The summed E-state index contributed by atoms with van der Waals surface area (Å²) in [7, 11) is 0. The van der Waals surface area contributed by atoms with Crippen molar-refractivity contribution in [3.8, 4) is 0 Å². The number of nitrogens with zero attached hydrogens (tertiary/aromatic N) is 1. The number of benzene rings is 3. The summed E-state index contributed by atoms with van der Waals surface area (Å²) in [5.74, 6) is -1.17. The number of carbonyl (C=O) groups is 3. The highest BCUT2D eigenvalue weighted by atomic mass is 79.9. The van der Waals surface area contributed by atoms with Gasteiger partial charge < -0.3 is 15.1 Å². The Hall–Kier alpha value is -3.91. The van der Waals surface area contributed by atoms with Crippen LogP contribution in [0.5, 0.6) is 0 Å². The molecule has 7 nitrogen and oxygen atoms in total. The number of carbonyl (C=O) groups excluding carboxylic acids is 3. The first-order chi connectivity index (χ1) is 16.4. The summed E-state index contributed by atoms with van der Waals surface area (Å²) in [4.78, 5) is 41.1. The van der Waals surface area contributed by atoms with Crippen LogP contribution < -0.4 is 15.5 Å². The fraction of sp³-hybridized carbons (Fsp3) is 0.115. The van der Waals surface area contributed by atoms with Gasteiger partial charge in [-0.3, -0.25) is 19.3 Å². The fourth-order valence-electron chi connectivity index (χ4n) is 4.17. The molecule has 0 saturated carbocycles. The number of para-hydroxylation sites is 3. The second-order valence-electron chi connectivity index (χ2n) is 8.01. The number of furan rings is 1. The van der Waals surface area contributed by atoms with E-state index in [9.17, 15) is 14.4 Å². The molecule has 170 valence electrons. The smallest absolute Gasteiger partial charge is 0.295 e. The zero-order valence-electron chi connectivity index (χ0n) is 18.2. The lowest BCUT2D eigenvalue weighted by Crippen LogP contribution is -2.52. The van der Waals surface area contributed by atoms with E-state index in [1.807, 2.05) is 31.2 Å². The molecule has 0 fully saturated rings. The quantitative estimate of drug-likeness (QED) is 0.373. The molecule has 0 bridgehead atoms. The molecule has 34 heavy (non-hydrogen) atoms. The Morgan fingerprint density at radius 1 is 1.06 bits per heavy atom. The zero-order valence-corrected chi connectivity index (χ0v) is 19.8. The summed E-state index contributed by atoms with van der Waals surface area (Å²) in [6, 6.07) is 20.5. The summed E-state index contributed by atoms with van der Waals surface area (Å²) in [5, 5.41) is 6.43. The normalized spacial score (nSPS) is 15.1. The largest absolute Gasteiger partial charge is 0.451 e. The standard InChI is InChI=1S/C26H20BrN3O4/c1-15-18-9-2-5-12-22(18)34-24(15)26(33)30-20-11-4-3-10-19(20)29-25(32)21(30)14-23(31)28-17-8-6-7-16(27)13-17/h2-13,21H,14H2,1H3,(H,28,31)(H,29,32). The Morgan fingerprint density at radius 2 is 1.82 bits per heavy atom. The number of hydrogen-bond acceptors (Lipinski definition) is 4. The third-order valence-electron chi connectivity index (χ3n) is 5.78. The summed E-state index contributed by atoms with van der Waals surface area (Å²) in [5.41, 5.74) is 2.86. The Bertz CT molecular complexity index is 1450. The second-order valence-corrected chi connectivity index (χ2v) is 8.93. The third-order valence-corrected chi connectivity index (χ3v) is 6.27. The van der Waals surface area contributed by atoms with E-state index >= 15 is 0 Å². The topological polar surface area (TPSA) is 91.7 Å². The molecule has 0 saturated heterocycles. The van der Waals surface area contributed by atoms with Gasteiger partial charge in [-0.15, -0.1) is 0 Å². The number of nitrogens with one attached hydrogen (secondary N) is 2. The van der Waals surface area contributed by atoms with E-state index in [1.165, 1.54) is 4.90 Å². The number of halogens is 1. The maximum atomic E-state index is 13.8. The predicted octanol–water partition coefficient (Wildman–Crippen LogP) is 5.50. The van der Waals surface area contributed by atoms with Crippen molar-refractivity contribution >= 4 is 61.7 Å². The van der Waals surface area contributed by atoms with Crippen LogP contribution in [0, 0.1) is 6.92 Å². The third kappa shape index (κ3) is 3.97. The molecule has 1 aliphatic rings. The maximum Gasteiger partial charge on any atom is 0.295 e. The number of anilines is 3. The average Bonchev–Trinajstić information content (AvgIpc) is 3.16. The van der Waals surface area contributed by atoms with Gasteiger partial charge in [0.1, 0.15) is 11.6 Å². The van der Waals surface area contributed by atoms with Crippen LogP contribution >= 0.6 is 15.9 Å². The number of rotatable bonds is 4. The zero-order chi connectivity index (χ0) is 23.8. The average molecular weight is 518 g/mol. The van der Waals surface area contributed by atoms with E-state index in [2.05, 4.69) is 26.6 Å². The molecule has 5 rings (SSSR count). The van der Waals surface area contributed by atoms with Crippen molar-refractivity contribution in [3.63, 3.8) is 0 Å². The minimum absolute atomic E-state index is 0.142. The number of aryl methyl sites for hydroxylation is 1. The molecule has 0 radical (unpaired) electrons. The van der Waals surface area contributed by atoms with Crippen molar-refractivity contribution in [1.29, 1.82) is 0 Å². The summed E-state index contributed by atoms with van der Waals surface area (Å²) < 4.78 is 6.71. The van der Waals surface area contributed by atoms with Gasteiger partial charge in [0.2, 0.25) is 11.8 Å². The van der Waals surface area contributed by atoms with Crippen LogP contribution in [0.1, 0.15) is 22.5 Å². The van der Waals surface area contributed by atoms with Crippen molar-refractivity contribution in [3.05, 3.63) is 88.6 Å². The lowest BCUT2D eigenvalue weighted by molar-refractivity contribution is -0.122. The van der Waals surface area contributed by atoms with Gasteiger partial charge in [0.05, 0.1) is 17.8 Å². The van der Waals surface area contributed by atoms with E-state index in [0.29, 0.717) is 28.2 Å². The van der Waals surface area contributed by atoms with Crippen molar-refractivity contribution in [2.75, 3.05) is 15.5 Å². The Kier molecular flexibility index (Phi) is 5.67. The summed E-state index contributed by atoms with van der Waals surface area (Å²) >= 11 is 3.38. The minimum Gasteiger partial charge on any atom is -0.451 e. The van der Waals surface area contributed by atoms with Gasteiger partial charge in [-0.1, -0.05) is 52.3 Å². The molecule has 0 spiro atoms. The van der Waals surface area contributed by atoms with E-state index < -0.39 is 23.8 Å². The van der Waals surface area contributed by atoms with E-state index in [1.54, 1.807) is 48.5 Å². The Labute approximate surface area is 203 Å². The van der Waals surface area contributed by atoms with E-state index in [-0.39, 0.29) is 12.2 Å². The van der Waals surface area contributed by atoms with Crippen LogP contribution in [0.25, 0.3) is 11.0 Å². The molecule has 0 aliphatic carbocycles. The SMILES string of the molecule is Cc1c(C(=O)N2c3ccccc3NC(=O)C2CC(=O)Nc2cccc(Br)c2)oc2ccccc12. The molecule has 2 heterocycles.